The van der Waals surface area contributed by atoms with Crippen molar-refractivity contribution in [1.82, 2.24) is 15.3 Å². The third-order valence-electron chi connectivity index (χ3n) is 4.15. The average Bonchev–Trinajstić information content (AvgIpc) is 3.09. The number of hydrogen-bond donors (Lipinski definition) is 1. The Morgan fingerprint density at radius 3 is 2.54 bits per heavy atom. The van der Waals surface area contributed by atoms with Gasteiger partial charge >= 0.3 is 0 Å². The average molecular weight is 398 g/mol. The van der Waals surface area contributed by atoms with Gasteiger partial charge in [0.1, 0.15) is 28.0 Å². The first-order valence-corrected chi connectivity index (χ1v) is 9.79. The van der Waals surface area contributed by atoms with Crippen molar-refractivity contribution in [3.8, 4) is 11.5 Å². The summed E-state index contributed by atoms with van der Waals surface area (Å²) >= 11 is 1.36. The van der Waals surface area contributed by atoms with Crippen LogP contribution in [0.15, 0.2) is 42.6 Å². The predicted molar refractivity (Wildman–Crippen MR) is 109 cm³/mol. The molecule has 0 radical (unpaired) electrons. The molecule has 0 atom stereocenters. The Morgan fingerprint density at radius 2 is 1.86 bits per heavy atom. The lowest BCUT2D eigenvalue weighted by Crippen LogP contribution is -2.25. The monoisotopic (exact) mass is 397 g/mol. The van der Waals surface area contributed by atoms with E-state index in [9.17, 15) is 4.79 Å². The molecular weight excluding hydrogens is 374 g/mol. The molecule has 1 N–H and O–H groups in total. The van der Waals surface area contributed by atoms with Crippen molar-refractivity contribution >= 4 is 17.2 Å². The van der Waals surface area contributed by atoms with Crippen LogP contribution in [-0.2, 0) is 13.0 Å². The van der Waals surface area contributed by atoms with Gasteiger partial charge < -0.3 is 14.8 Å². The SMILES string of the molecule is COc1ccc(CCNC(=O)c2sc(COc3ccc(C)nc3)nc2C)cc1. The van der Waals surface area contributed by atoms with E-state index in [-0.39, 0.29) is 5.91 Å². The van der Waals surface area contributed by atoms with Gasteiger partial charge in [0.25, 0.3) is 5.91 Å². The maximum atomic E-state index is 12.5. The van der Waals surface area contributed by atoms with Crippen molar-refractivity contribution in [3.63, 3.8) is 0 Å². The molecule has 2 aromatic heterocycles. The molecule has 0 aliphatic rings. The number of carbonyl (C=O) groups excluding carboxylic acids is 1. The lowest BCUT2D eigenvalue weighted by molar-refractivity contribution is 0.0957. The second kappa shape index (κ2) is 9.32. The minimum Gasteiger partial charge on any atom is -0.497 e. The first-order valence-electron chi connectivity index (χ1n) is 8.98. The Labute approximate surface area is 168 Å². The summed E-state index contributed by atoms with van der Waals surface area (Å²) in [5.74, 6) is 1.40. The summed E-state index contributed by atoms with van der Waals surface area (Å²) in [7, 11) is 1.64. The Bertz CT molecular complexity index is 921. The van der Waals surface area contributed by atoms with E-state index in [1.54, 1.807) is 13.3 Å². The van der Waals surface area contributed by atoms with Crippen LogP contribution in [0, 0.1) is 13.8 Å². The number of nitrogens with zero attached hydrogens (tertiary/aromatic N) is 2. The first-order chi connectivity index (χ1) is 13.5. The maximum Gasteiger partial charge on any atom is 0.263 e. The molecule has 0 saturated carbocycles. The predicted octanol–water partition coefficient (Wildman–Crippen LogP) is 3.72. The number of aromatic nitrogens is 2. The van der Waals surface area contributed by atoms with Crippen LogP contribution in [0.5, 0.6) is 11.5 Å². The summed E-state index contributed by atoms with van der Waals surface area (Å²) in [6.07, 6.45) is 2.44. The largest absolute Gasteiger partial charge is 0.497 e. The lowest BCUT2D eigenvalue weighted by Gasteiger charge is -2.05. The Balaban J connectivity index is 1.51. The Morgan fingerprint density at radius 1 is 1.11 bits per heavy atom. The van der Waals surface area contributed by atoms with E-state index in [4.69, 9.17) is 9.47 Å². The molecule has 0 aliphatic carbocycles. The van der Waals surface area contributed by atoms with Crippen molar-refractivity contribution in [2.24, 2.45) is 0 Å². The van der Waals surface area contributed by atoms with E-state index < -0.39 is 0 Å². The third kappa shape index (κ3) is 5.29. The fraction of sp³-hybridized carbons (Fsp3) is 0.286. The van der Waals surface area contributed by atoms with E-state index in [0.29, 0.717) is 29.5 Å². The van der Waals surface area contributed by atoms with Crippen LogP contribution in [0.2, 0.25) is 0 Å². The highest BCUT2D eigenvalue weighted by atomic mass is 32.1. The van der Waals surface area contributed by atoms with Crippen molar-refractivity contribution in [1.29, 1.82) is 0 Å². The number of pyridine rings is 1. The number of aryl methyl sites for hydroxylation is 2. The number of ether oxygens (including phenoxy) is 2. The standard InChI is InChI=1S/C21H23N3O3S/c1-14-4-7-18(12-23-14)27-13-19-24-15(2)20(28-19)21(25)22-11-10-16-5-8-17(26-3)9-6-16/h4-9,12H,10-11,13H2,1-3H3,(H,22,25). The van der Waals surface area contributed by atoms with E-state index in [1.165, 1.54) is 11.3 Å². The Hall–Kier alpha value is -2.93. The van der Waals surface area contributed by atoms with Crippen LogP contribution >= 0.6 is 11.3 Å². The van der Waals surface area contributed by atoms with Crippen molar-refractivity contribution in [2.75, 3.05) is 13.7 Å². The van der Waals surface area contributed by atoms with E-state index in [2.05, 4.69) is 15.3 Å². The fourth-order valence-electron chi connectivity index (χ4n) is 2.60. The van der Waals surface area contributed by atoms with Crippen LogP contribution in [-0.4, -0.2) is 29.5 Å². The number of hydrogen-bond acceptors (Lipinski definition) is 6. The molecule has 0 unspecified atom stereocenters. The van der Waals surface area contributed by atoms with E-state index in [1.807, 2.05) is 50.2 Å². The lowest BCUT2D eigenvalue weighted by atomic mass is 10.1. The summed E-state index contributed by atoms with van der Waals surface area (Å²) in [5.41, 5.74) is 2.79. The van der Waals surface area contributed by atoms with Gasteiger partial charge in [-0.05, 0) is 50.1 Å². The van der Waals surface area contributed by atoms with Crippen LogP contribution < -0.4 is 14.8 Å². The molecule has 2 heterocycles. The number of amides is 1. The highest BCUT2D eigenvalue weighted by Crippen LogP contribution is 2.20. The second-order valence-corrected chi connectivity index (χ2v) is 7.38. The molecule has 1 aromatic carbocycles. The molecule has 28 heavy (non-hydrogen) atoms. The number of methoxy groups -OCH3 is 1. The summed E-state index contributed by atoms with van der Waals surface area (Å²) in [4.78, 5) is 21.7. The zero-order valence-electron chi connectivity index (χ0n) is 16.2. The molecule has 0 aliphatic heterocycles. The smallest absolute Gasteiger partial charge is 0.263 e. The quantitative estimate of drug-likeness (QED) is 0.627. The van der Waals surface area contributed by atoms with Gasteiger partial charge in [-0.3, -0.25) is 9.78 Å². The number of rotatable bonds is 8. The summed E-state index contributed by atoms with van der Waals surface area (Å²) in [5, 5.41) is 3.72. The second-order valence-electron chi connectivity index (χ2n) is 6.30. The normalized spacial score (nSPS) is 10.5. The third-order valence-corrected chi connectivity index (χ3v) is 5.28. The van der Waals surface area contributed by atoms with Crippen molar-refractivity contribution < 1.29 is 14.3 Å². The molecule has 6 nitrogen and oxygen atoms in total. The van der Waals surface area contributed by atoms with Gasteiger partial charge in [0.15, 0.2) is 0 Å². The summed E-state index contributed by atoms with van der Waals surface area (Å²) in [6, 6.07) is 11.6. The molecule has 3 rings (SSSR count). The summed E-state index contributed by atoms with van der Waals surface area (Å²) in [6.45, 7) is 4.64. The molecule has 3 aromatic rings. The molecule has 0 fully saturated rings. The number of benzene rings is 1. The zero-order chi connectivity index (χ0) is 19.9. The van der Waals surface area contributed by atoms with Gasteiger partial charge in [-0.2, -0.15) is 0 Å². The van der Waals surface area contributed by atoms with E-state index >= 15 is 0 Å². The molecule has 0 saturated heterocycles. The van der Waals surface area contributed by atoms with Gasteiger partial charge in [-0.15, -0.1) is 11.3 Å². The Kier molecular flexibility index (Phi) is 6.60. The first kappa shape index (κ1) is 19.8. The molecule has 0 spiro atoms. The number of carbonyl (C=O) groups is 1. The molecule has 7 heteroatoms. The molecular formula is C21H23N3O3S. The molecule has 146 valence electrons. The zero-order valence-corrected chi connectivity index (χ0v) is 17.0. The van der Waals surface area contributed by atoms with Gasteiger partial charge in [-0.1, -0.05) is 12.1 Å². The van der Waals surface area contributed by atoms with Gasteiger partial charge in [-0.25, -0.2) is 4.98 Å². The van der Waals surface area contributed by atoms with Gasteiger partial charge in [0.05, 0.1) is 19.0 Å². The minimum absolute atomic E-state index is 0.105. The molecule has 1 amide bonds. The highest BCUT2D eigenvalue weighted by Gasteiger charge is 2.15. The van der Waals surface area contributed by atoms with E-state index in [0.717, 1.165) is 28.4 Å². The van der Waals surface area contributed by atoms with Crippen LogP contribution in [0.3, 0.4) is 0 Å². The highest BCUT2D eigenvalue weighted by molar-refractivity contribution is 7.13. The fourth-order valence-corrected chi connectivity index (χ4v) is 3.50. The maximum absolute atomic E-state index is 12.5. The minimum atomic E-state index is -0.105. The topological polar surface area (TPSA) is 73.3 Å². The number of thiazole rings is 1. The van der Waals surface area contributed by atoms with Gasteiger partial charge in [0.2, 0.25) is 0 Å². The van der Waals surface area contributed by atoms with Crippen molar-refractivity contribution in [2.45, 2.75) is 26.9 Å². The summed E-state index contributed by atoms with van der Waals surface area (Å²) < 4.78 is 10.8. The van der Waals surface area contributed by atoms with Crippen LogP contribution in [0.1, 0.15) is 31.6 Å². The van der Waals surface area contributed by atoms with Crippen molar-refractivity contribution in [3.05, 3.63) is 69.4 Å². The van der Waals surface area contributed by atoms with Gasteiger partial charge in [0, 0.05) is 12.2 Å². The number of nitrogens with one attached hydrogen (secondary N) is 1. The molecule has 0 bridgehead atoms. The van der Waals surface area contributed by atoms with Crippen LogP contribution in [0.4, 0.5) is 0 Å². The van der Waals surface area contributed by atoms with Crippen LogP contribution in [0.25, 0.3) is 0 Å².